The Hall–Kier alpha value is -3.28. The summed E-state index contributed by atoms with van der Waals surface area (Å²) in [6.07, 6.45) is 0. The van der Waals surface area contributed by atoms with E-state index in [-0.39, 0.29) is 25.0 Å². The summed E-state index contributed by atoms with van der Waals surface area (Å²) in [5, 5.41) is 3.25. The van der Waals surface area contributed by atoms with E-state index in [9.17, 15) is 9.59 Å². The molecule has 0 aromatic heterocycles. The quantitative estimate of drug-likeness (QED) is 0.279. The average Bonchev–Trinajstić information content (AvgIpc) is 2.78. The lowest BCUT2D eigenvalue weighted by atomic mass is 9.95. The summed E-state index contributed by atoms with van der Waals surface area (Å²) in [6.45, 7) is 12.2. The maximum absolute atomic E-state index is 12.3. The molecule has 0 N–H and O–H groups in total. The molecule has 0 aliphatic heterocycles. The van der Waals surface area contributed by atoms with E-state index < -0.39 is 11.9 Å². The molecule has 34 heavy (non-hydrogen) atoms. The van der Waals surface area contributed by atoms with Crippen molar-refractivity contribution in [2.75, 3.05) is 26.4 Å². The van der Waals surface area contributed by atoms with Crippen molar-refractivity contribution >= 4 is 33.5 Å². The minimum atomic E-state index is -0.413. The van der Waals surface area contributed by atoms with Gasteiger partial charge >= 0.3 is 11.9 Å². The second kappa shape index (κ2) is 11.2. The number of rotatable bonds is 10. The highest BCUT2D eigenvalue weighted by molar-refractivity contribution is 6.12. The van der Waals surface area contributed by atoms with Crippen LogP contribution in [0.25, 0.3) is 21.5 Å². The van der Waals surface area contributed by atoms with Crippen molar-refractivity contribution < 1.29 is 28.5 Å². The van der Waals surface area contributed by atoms with Crippen LogP contribution in [-0.2, 0) is 19.1 Å². The van der Waals surface area contributed by atoms with E-state index in [1.807, 2.05) is 71.9 Å². The molecule has 3 aromatic carbocycles. The van der Waals surface area contributed by atoms with Gasteiger partial charge in [0.05, 0.1) is 13.2 Å². The summed E-state index contributed by atoms with van der Waals surface area (Å²) in [4.78, 5) is 24.5. The molecule has 0 bridgehead atoms. The number of carbonyl (C=O) groups is 2. The van der Waals surface area contributed by atoms with Crippen LogP contribution in [-0.4, -0.2) is 38.4 Å². The Morgan fingerprint density at radius 2 is 1.24 bits per heavy atom. The molecule has 0 heterocycles. The second-order valence-corrected chi connectivity index (χ2v) is 9.44. The number of hydrogen-bond acceptors (Lipinski definition) is 6. The Morgan fingerprint density at radius 3 is 1.76 bits per heavy atom. The molecule has 0 spiro atoms. The van der Waals surface area contributed by atoms with E-state index >= 15 is 0 Å². The molecule has 0 aliphatic rings. The van der Waals surface area contributed by atoms with Crippen molar-refractivity contribution in [2.45, 2.75) is 41.5 Å². The van der Waals surface area contributed by atoms with Gasteiger partial charge in [0.15, 0.2) is 13.2 Å². The van der Waals surface area contributed by atoms with Gasteiger partial charge in [0, 0.05) is 21.5 Å². The second-order valence-electron chi connectivity index (χ2n) is 9.44. The van der Waals surface area contributed by atoms with Gasteiger partial charge in [-0.05, 0) is 37.3 Å². The maximum Gasteiger partial charge on any atom is 0.344 e. The first kappa shape index (κ1) is 25.3. The van der Waals surface area contributed by atoms with Crippen LogP contribution < -0.4 is 9.47 Å². The van der Waals surface area contributed by atoms with Crippen molar-refractivity contribution in [2.24, 2.45) is 11.8 Å². The molecule has 0 fully saturated rings. The van der Waals surface area contributed by atoms with Crippen molar-refractivity contribution in [3.05, 3.63) is 47.5 Å². The lowest BCUT2D eigenvalue weighted by molar-refractivity contribution is -0.147. The van der Waals surface area contributed by atoms with Gasteiger partial charge in [-0.15, -0.1) is 0 Å². The first-order valence-corrected chi connectivity index (χ1v) is 11.7. The fraction of sp³-hybridized carbons (Fsp3) is 0.429. The van der Waals surface area contributed by atoms with E-state index in [2.05, 4.69) is 6.07 Å². The maximum atomic E-state index is 12.3. The smallest absolute Gasteiger partial charge is 0.344 e. The predicted molar refractivity (Wildman–Crippen MR) is 134 cm³/mol. The van der Waals surface area contributed by atoms with Crippen LogP contribution in [0, 0.1) is 25.7 Å². The molecule has 6 nitrogen and oxygen atoms in total. The predicted octanol–water partition coefficient (Wildman–Crippen LogP) is 5.77. The summed E-state index contributed by atoms with van der Waals surface area (Å²) in [7, 11) is 0. The summed E-state index contributed by atoms with van der Waals surface area (Å²) in [5.41, 5.74) is 2.04. The van der Waals surface area contributed by atoms with Gasteiger partial charge in [-0.25, -0.2) is 9.59 Å². The van der Waals surface area contributed by atoms with Gasteiger partial charge in [0.1, 0.15) is 11.5 Å². The molecule has 0 atom stereocenters. The zero-order valence-electron chi connectivity index (χ0n) is 20.9. The van der Waals surface area contributed by atoms with Crippen molar-refractivity contribution in [3.8, 4) is 11.5 Å². The van der Waals surface area contributed by atoms with Crippen LogP contribution in [0.1, 0.15) is 38.8 Å². The number of carbonyl (C=O) groups excluding carboxylic acids is 2. The zero-order chi connectivity index (χ0) is 24.8. The Balaban J connectivity index is 2.03. The summed E-state index contributed by atoms with van der Waals surface area (Å²) >= 11 is 0. The third-order valence-corrected chi connectivity index (χ3v) is 5.19. The van der Waals surface area contributed by atoms with Gasteiger partial charge in [-0.3, -0.25) is 0 Å². The van der Waals surface area contributed by atoms with Crippen molar-refractivity contribution in [3.63, 3.8) is 0 Å². The number of fused-ring (bicyclic) bond motifs is 2. The first-order chi connectivity index (χ1) is 16.2. The van der Waals surface area contributed by atoms with E-state index in [0.717, 1.165) is 32.7 Å². The average molecular weight is 467 g/mol. The van der Waals surface area contributed by atoms with Gasteiger partial charge in [0.25, 0.3) is 0 Å². The fourth-order valence-corrected chi connectivity index (χ4v) is 3.78. The SMILES string of the molecule is Cc1cc(C)c2c(OCC(=O)OCC(C)C)c3ccccc3c(OCC(=O)OCC(C)C)c2c1. The number of benzene rings is 3. The highest BCUT2D eigenvalue weighted by Crippen LogP contribution is 2.44. The molecule has 0 saturated carbocycles. The van der Waals surface area contributed by atoms with Crippen LogP contribution in [0.5, 0.6) is 11.5 Å². The minimum Gasteiger partial charge on any atom is -0.481 e. The molecule has 6 heteroatoms. The molecular weight excluding hydrogens is 432 g/mol. The minimum absolute atomic E-state index is 0.194. The first-order valence-electron chi connectivity index (χ1n) is 11.7. The molecule has 0 saturated heterocycles. The van der Waals surface area contributed by atoms with E-state index in [1.165, 1.54) is 0 Å². The largest absolute Gasteiger partial charge is 0.481 e. The Morgan fingerprint density at radius 1 is 0.735 bits per heavy atom. The van der Waals surface area contributed by atoms with Gasteiger partial charge < -0.3 is 18.9 Å². The molecule has 0 amide bonds. The molecule has 3 aromatic rings. The normalized spacial score (nSPS) is 11.3. The van der Waals surface area contributed by atoms with Crippen LogP contribution >= 0.6 is 0 Å². The third kappa shape index (κ3) is 6.19. The lowest BCUT2D eigenvalue weighted by Crippen LogP contribution is -2.18. The zero-order valence-corrected chi connectivity index (χ0v) is 20.9. The van der Waals surface area contributed by atoms with Gasteiger partial charge in [0.2, 0.25) is 0 Å². The topological polar surface area (TPSA) is 71.1 Å². The van der Waals surface area contributed by atoms with Gasteiger partial charge in [-0.2, -0.15) is 0 Å². The molecular formula is C28H34O6. The summed E-state index contributed by atoms with van der Waals surface area (Å²) < 4.78 is 22.7. The van der Waals surface area contributed by atoms with Crippen molar-refractivity contribution in [1.82, 2.24) is 0 Å². The number of esters is 2. The van der Waals surface area contributed by atoms with E-state index in [4.69, 9.17) is 18.9 Å². The lowest BCUT2D eigenvalue weighted by Gasteiger charge is -2.19. The van der Waals surface area contributed by atoms with E-state index in [0.29, 0.717) is 24.7 Å². The Kier molecular flexibility index (Phi) is 8.37. The highest BCUT2D eigenvalue weighted by atomic mass is 16.6. The molecule has 0 unspecified atom stereocenters. The standard InChI is InChI=1S/C28H34O6/c1-17(2)13-31-24(29)15-33-27-21-9-7-8-10-22(21)28(34-16-25(30)32-14-18(3)4)26-20(6)11-19(5)12-23(26)27/h7-12,17-18H,13-16H2,1-6H3. The highest BCUT2D eigenvalue weighted by Gasteiger charge is 2.20. The fourth-order valence-electron chi connectivity index (χ4n) is 3.78. The molecule has 3 rings (SSSR count). The number of ether oxygens (including phenoxy) is 4. The van der Waals surface area contributed by atoms with Crippen molar-refractivity contribution in [1.29, 1.82) is 0 Å². The number of hydrogen-bond donors (Lipinski definition) is 0. The van der Waals surface area contributed by atoms with Crippen LogP contribution in [0.3, 0.4) is 0 Å². The van der Waals surface area contributed by atoms with Crippen LogP contribution in [0.4, 0.5) is 0 Å². The Bertz CT molecular complexity index is 1180. The number of aryl methyl sites for hydroxylation is 2. The third-order valence-electron chi connectivity index (χ3n) is 5.19. The molecule has 0 aliphatic carbocycles. The van der Waals surface area contributed by atoms with Gasteiger partial charge in [-0.1, -0.05) is 63.6 Å². The monoisotopic (exact) mass is 466 g/mol. The molecule has 0 radical (unpaired) electrons. The Labute approximate surface area is 201 Å². The van der Waals surface area contributed by atoms with E-state index in [1.54, 1.807) is 0 Å². The summed E-state index contributed by atoms with van der Waals surface area (Å²) in [5.74, 6) is 0.861. The summed E-state index contributed by atoms with van der Waals surface area (Å²) in [6, 6.07) is 11.7. The van der Waals surface area contributed by atoms with Crippen LogP contribution in [0.15, 0.2) is 36.4 Å². The van der Waals surface area contributed by atoms with Crippen LogP contribution in [0.2, 0.25) is 0 Å². The molecule has 182 valence electrons.